The van der Waals surface area contributed by atoms with E-state index >= 15 is 0 Å². The Labute approximate surface area is 171 Å². The number of nitrogens with one attached hydrogen (secondary N) is 1. The van der Waals surface area contributed by atoms with E-state index in [9.17, 15) is 10.1 Å². The van der Waals surface area contributed by atoms with Crippen molar-refractivity contribution < 1.29 is 4.92 Å². The molecule has 0 aliphatic carbocycles. The molecule has 2 aromatic heterocycles. The number of aryl methyl sites for hydroxylation is 1. The van der Waals surface area contributed by atoms with Crippen molar-refractivity contribution in [2.45, 2.75) is 13.0 Å². The quantitative estimate of drug-likeness (QED) is 0.359. The van der Waals surface area contributed by atoms with Crippen molar-refractivity contribution in [3.8, 4) is 11.4 Å². The first-order chi connectivity index (χ1) is 14.1. The smallest absolute Gasteiger partial charge is 0.270 e. The van der Waals surface area contributed by atoms with Gasteiger partial charge in [-0.2, -0.15) is 0 Å². The van der Waals surface area contributed by atoms with E-state index < -0.39 is 4.92 Å². The summed E-state index contributed by atoms with van der Waals surface area (Å²) in [4.78, 5) is 24.2. The first kappa shape index (κ1) is 18.7. The fourth-order valence-electron chi connectivity index (χ4n) is 2.99. The second kappa shape index (κ2) is 8.15. The van der Waals surface area contributed by atoms with Gasteiger partial charge in [0.15, 0.2) is 5.82 Å². The van der Waals surface area contributed by atoms with Crippen molar-refractivity contribution in [3.63, 3.8) is 0 Å². The molecule has 2 heterocycles. The maximum Gasteiger partial charge on any atom is 0.270 e. The number of rotatable bonds is 6. The number of thiazole rings is 1. The van der Waals surface area contributed by atoms with E-state index in [2.05, 4.69) is 20.3 Å². The molecule has 0 amide bonds. The summed E-state index contributed by atoms with van der Waals surface area (Å²) in [5, 5.41) is 17.4. The van der Waals surface area contributed by atoms with E-state index in [0.29, 0.717) is 17.2 Å². The maximum absolute atomic E-state index is 11.1. The number of nitro benzene ring substituents is 1. The number of nitrogens with zero attached hydrogens (tertiary/aromatic N) is 4. The van der Waals surface area contributed by atoms with Gasteiger partial charge in [-0.05, 0) is 12.5 Å². The van der Waals surface area contributed by atoms with Crippen LogP contribution in [-0.2, 0) is 0 Å². The van der Waals surface area contributed by atoms with Gasteiger partial charge in [-0.1, -0.05) is 42.5 Å². The van der Waals surface area contributed by atoms with Gasteiger partial charge in [-0.15, -0.1) is 11.3 Å². The fourth-order valence-corrected chi connectivity index (χ4v) is 3.70. The summed E-state index contributed by atoms with van der Waals surface area (Å²) < 4.78 is 0. The van der Waals surface area contributed by atoms with E-state index in [1.165, 1.54) is 12.1 Å². The van der Waals surface area contributed by atoms with Gasteiger partial charge in [0.25, 0.3) is 5.69 Å². The van der Waals surface area contributed by atoms with Crippen molar-refractivity contribution in [1.82, 2.24) is 15.0 Å². The van der Waals surface area contributed by atoms with Crippen molar-refractivity contribution in [3.05, 3.63) is 98.6 Å². The lowest BCUT2D eigenvalue weighted by molar-refractivity contribution is -0.384. The molecule has 0 saturated carbocycles. The molecule has 0 bridgehead atoms. The zero-order chi connectivity index (χ0) is 20.2. The van der Waals surface area contributed by atoms with E-state index in [1.807, 2.05) is 48.7 Å². The maximum atomic E-state index is 11.1. The summed E-state index contributed by atoms with van der Waals surface area (Å²) in [7, 11) is 0. The zero-order valence-corrected chi connectivity index (χ0v) is 16.3. The van der Waals surface area contributed by atoms with E-state index in [0.717, 1.165) is 16.3 Å². The molecule has 0 radical (unpaired) electrons. The Hall–Kier alpha value is -3.65. The van der Waals surface area contributed by atoms with Crippen LogP contribution in [0.5, 0.6) is 0 Å². The van der Waals surface area contributed by atoms with Gasteiger partial charge < -0.3 is 5.32 Å². The number of hydrogen-bond acceptors (Lipinski definition) is 7. The van der Waals surface area contributed by atoms with Crippen molar-refractivity contribution in [2.24, 2.45) is 0 Å². The Morgan fingerprint density at radius 2 is 1.90 bits per heavy atom. The summed E-state index contributed by atoms with van der Waals surface area (Å²) in [6.45, 7) is 1.87. The lowest BCUT2D eigenvalue weighted by Crippen LogP contribution is -2.13. The number of aromatic nitrogens is 3. The molecule has 0 aliphatic heterocycles. The highest BCUT2D eigenvalue weighted by Crippen LogP contribution is 2.29. The molecule has 7 nitrogen and oxygen atoms in total. The van der Waals surface area contributed by atoms with Crippen LogP contribution >= 0.6 is 11.3 Å². The Bertz CT molecular complexity index is 1130. The van der Waals surface area contributed by atoms with Crippen molar-refractivity contribution in [2.75, 3.05) is 5.32 Å². The molecule has 0 saturated heterocycles. The van der Waals surface area contributed by atoms with Crippen LogP contribution in [0.2, 0.25) is 0 Å². The predicted octanol–water partition coefficient (Wildman–Crippen LogP) is 5.02. The first-order valence-electron chi connectivity index (χ1n) is 8.91. The average molecular weight is 403 g/mol. The summed E-state index contributed by atoms with van der Waals surface area (Å²) in [5.74, 6) is 1.06. The van der Waals surface area contributed by atoms with Gasteiger partial charge in [0.1, 0.15) is 16.9 Å². The molecule has 0 aliphatic rings. The number of non-ortho nitro benzene ring substituents is 1. The molecule has 29 heavy (non-hydrogen) atoms. The Balaban J connectivity index is 1.72. The molecular weight excluding hydrogens is 386 g/mol. The lowest BCUT2D eigenvalue weighted by atomic mass is 10.1. The van der Waals surface area contributed by atoms with Gasteiger partial charge in [0, 0.05) is 41.0 Å². The average Bonchev–Trinajstić information content (AvgIpc) is 3.27. The third-order valence-corrected chi connectivity index (χ3v) is 5.13. The Kier molecular flexibility index (Phi) is 5.26. The van der Waals surface area contributed by atoms with E-state index in [-0.39, 0.29) is 11.7 Å². The number of nitro groups is 1. The highest BCUT2D eigenvalue weighted by molar-refractivity contribution is 7.09. The van der Waals surface area contributed by atoms with Crippen LogP contribution in [0.4, 0.5) is 11.5 Å². The lowest BCUT2D eigenvalue weighted by Gasteiger charge is -2.18. The van der Waals surface area contributed by atoms with Gasteiger partial charge in [0.2, 0.25) is 0 Å². The second-order valence-electron chi connectivity index (χ2n) is 6.38. The first-order valence-corrected chi connectivity index (χ1v) is 9.79. The topological polar surface area (TPSA) is 93.8 Å². The van der Waals surface area contributed by atoms with Crippen LogP contribution in [0.1, 0.15) is 22.3 Å². The van der Waals surface area contributed by atoms with Crippen LogP contribution in [0.25, 0.3) is 11.4 Å². The highest BCUT2D eigenvalue weighted by atomic mass is 32.1. The van der Waals surface area contributed by atoms with Crippen LogP contribution in [-0.4, -0.2) is 19.9 Å². The molecule has 2 aromatic carbocycles. The fraction of sp³-hybridized carbons (Fsp3) is 0.0952. The monoisotopic (exact) mass is 403 g/mol. The number of benzene rings is 2. The second-order valence-corrected chi connectivity index (χ2v) is 7.31. The molecule has 8 heteroatoms. The summed E-state index contributed by atoms with van der Waals surface area (Å²) in [6.07, 6.45) is 1.78. The molecule has 1 atom stereocenters. The van der Waals surface area contributed by atoms with Crippen LogP contribution in [0.3, 0.4) is 0 Å². The summed E-state index contributed by atoms with van der Waals surface area (Å²) in [6, 6.07) is 18.0. The van der Waals surface area contributed by atoms with Crippen molar-refractivity contribution >= 4 is 22.8 Å². The normalized spacial score (nSPS) is 11.8. The largest absolute Gasteiger partial charge is 0.357 e. The van der Waals surface area contributed by atoms with Gasteiger partial charge >= 0.3 is 0 Å². The molecule has 1 unspecified atom stereocenters. The standard InChI is InChI=1S/C21H17N5O2S/c1-14-12-18(25-20(23-14)16-8-5-9-17(13-16)26(27)28)24-19(21-22-10-11-29-21)15-6-3-2-4-7-15/h2-13,19H,1H3,(H,23,24,25). The van der Waals surface area contributed by atoms with E-state index in [4.69, 9.17) is 0 Å². The predicted molar refractivity (Wildman–Crippen MR) is 113 cm³/mol. The molecule has 4 aromatic rings. The zero-order valence-electron chi connectivity index (χ0n) is 15.5. The third-order valence-electron chi connectivity index (χ3n) is 4.29. The van der Waals surface area contributed by atoms with Crippen LogP contribution < -0.4 is 5.32 Å². The summed E-state index contributed by atoms with van der Waals surface area (Å²) in [5.41, 5.74) is 2.43. The molecule has 1 N–H and O–H groups in total. The Morgan fingerprint density at radius 3 is 2.62 bits per heavy atom. The Morgan fingerprint density at radius 1 is 1.07 bits per heavy atom. The minimum atomic E-state index is -0.424. The SMILES string of the molecule is Cc1cc(NC(c2ccccc2)c2nccs2)nc(-c2cccc([N+](=O)[O-])c2)n1. The minimum absolute atomic E-state index is 0.00654. The highest BCUT2D eigenvalue weighted by Gasteiger charge is 2.18. The van der Waals surface area contributed by atoms with Crippen LogP contribution in [0.15, 0.2) is 72.2 Å². The molecular formula is C21H17N5O2S. The number of hydrogen-bond donors (Lipinski definition) is 1. The number of anilines is 1. The van der Waals surface area contributed by atoms with Crippen molar-refractivity contribution in [1.29, 1.82) is 0 Å². The minimum Gasteiger partial charge on any atom is -0.357 e. The van der Waals surface area contributed by atoms with E-state index in [1.54, 1.807) is 29.7 Å². The summed E-state index contributed by atoms with van der Waals surface area (Å²) >= 11 is 1.56. The molecule has 0 spiro atoms. The molecule has 144 valence electrons. The molecule has 0 fully saturated rings. The van der Waals surface area contributed by atoms with Gasteiger partial charge in [0.05, 0.1) is 4.92 Å². The molecule has 4 rings (SSSR count). The van der Waals surface area contributed by atoms with Crippen LogP contribution in [0, 0.1) is 17.0 Å². The third kappa shape index (κ3) is 4.27. The van der Waals surface area contributed by atoms with Gasteiger partial charge in [-0.25, -0.2) is 15.0 Å². The van der Waals surface area contributed by atoms with Gasteiger partial charge in [-0.3, -0.25) is 10.1 Å².